The second kappa shape index (κ2) is 32.7. The van der Waals surface area contributed by atoms with Crippen LogP contribution in [-0.2, 0) is 0 Å². The van der Waals surface area contributed by atoms with Gasteiger partial charge in [-0.3, -0.25) is 0 Å². The molecule has 0 aliphatic heterocycles. The molecule has 0 aromatic rings. The van der Waals surface area contributed by atoms with Crippen LogP contribution in [0.2, 0.25) is 0 Å². The second-order valence-electron chi connectivity index (χ2n) is 34.3. The highest BCUT2D eigenvalue weighted by molar-refractivity contribution is 5.00. The van der Waals surface area contributed by atoms with Gasteiger partial charge in [0.25, 0.3) is 0 Å². The first-order valence-corrected chi connectivity index (χ1v) is 31.0. The van der Waals surface area contributed by atoms with Crippen LogP contribution in [-0.4, -0.2) is 0 Å². The van der Waals surface area contributed by atoms with Crippen LogP contribution in [0.15, 0.2) is 0 Å². The predicted octanol–water partition coefficient (Wildman–Crippen LogP) is 26.0. The van der Waals surface area contributed by atoms with E-state index >= 15 is 0 Å². The van der Waals surface area contributed by atoms with E-state index in [4.69, 9.17) is 0 Å². The Labute approximate surface area is 458 Å². The van der Waals surface area contributed by atoms with Crippen LogP contribution in [0.3, 0.4) is 0 Å². The van der Waals surface area contributed by atoms with Gasteiger partial charge in [-0.2, -0.15) is 0 Å². The van der Waals surface area contributed by atoms with Crippen LogP contribution in [0.4, 0.5) is 0 Å². The van der Waals surface area contributed by atoms with Crippen molar-refractivity contribution >= 4 is 0 Å². The Balaban J connectivity index is -0.000000230. The minimum Gasteiger partial charge on any atom is -0.0651 e. The van der Waals surface area contributed by atoms with Crippen molar-refractivity contribution < 1.29 is 0 Å². The van der Waals surface area contributed by atoms with Gasteiger partial charge in [0.2, 0.25) is 0 Å². The molecule has 4 aliphatic rings. The van der Waals surface area contributed by atoms with Crippen molar-refractivity contribution in [2.45, 2.75) is 348 Å². The molecule has 0 saturated heterocycles. The molecule has 0 heteroatoms. The SMILES string of the molecule is CC(C)(C)C(C)(C)C.CC(C)(C)C(C)(C)C.CC(C)C(C)C(C)C.CC1(C2CC2)CC1.CCC(C)(C)C(C)(C)C.CCC(C)(C)C(C)C.CCC(C)C(C)(C)C.CC[C@@H](C)C(C)(C)C.C[C@H]1CC1C1CC1. The van der Waals surface area contributed by atoms with E-state index < -0.39 is 0 Å². The van der Waals surface area contributed by atoms with Crippen molar-refractivity contribution in [1.82, 2.24) is 0 Å². The van der Waals surface area contributed by atoms with Crippen LogP contribution < -0.4 is 0 Å². The van der Waals surface area contributed by atoms with Gasteiger partial charge in [-0.05, 0) is 158 Å². The zero-order valence-electron chi connectivity index (χ0n) is 58.6. The maximum Gasteiger partial charge on any atom is -0.0297 e. The summed E-state index contributed by atoms with van der Waals surface area (Å²) in [5.41, 5.74) is 5.10. The summed E-state index contributed by atoms with van der Waals surface area (Å²) in [4.78, 5) is 0. The van der Waals surface area contributed by atoms with Gasteiger partial charge in [0, 0.05) is 0 Å². The van der Waals surface area contributed by atoms with Gasteiger partial charge in [-0.15, -0.1) is 0 Å². The predicted molar refractivity (Wildman–Crippen MR) is 337 cm³/mol. The van der Waals surface area contributed by atoms with E-state index in [2.05, 4.69) is 277 Å². The molecule has 0 nitrogen and oxygen atoms in total. The maximum absolute atomic E-state index is 2.44. The van der Waals surface area contributed by atoms with Crippen molar-refractivity contribution in [1.29, 1.82) is 0 Å². The third-order valence-corrected chi connectivity index (χ3v) is 21.2. The molecular formula is C71H152. The summed E-state index contributed by atoms with van der Waals surface area (Å²) in [7, 11) is 0. The third kappa shape index (κ3) is 40.0. The standard InChI is InChI=1S/C9H20.6C8H18.2C7H12/c1-7-9(5,6)8(2,3)4;2*1-7(2,3)8(4,5)6;2*1-6-7(2)8(3,4)5;1-6-8(4,5)7(2)3;1-6(2)8(5)7(3)4;1-7(4-5-7)6-2-3-6;1-5-4-7(5)6-2-3-6/h7H2,1-6H3;2*1-6H3;3*7H,6H2,1-5H3;6-8H,1-5H3;6H,2-5H2,1H3;5-7H,2-4H2,1H3/t;;;7-;;;;;5-,7?/m...1....0/s1. The first-order valence-electron chi connectivity index (χ1n) is 31.0. The zero-order chi connectivity index (χ0) is 58.6. The monoisotopic (exact) mass is 1010 g/mol. The molecule has 0 aromatic carbocycles. The number of rotatable bonds is 9. The van der Waals surface area contributed by atoms with E-state index in [-0.39, 0.29) is 0 Å². The topological polar surface area (TPSA) is 0 Å². The smallest absolute Gasteiger partial charge is 0.0297 e. The first-order chi connectivity index (χ1) is 31.0. The van der Waals surface area contributed by atoms with Gasteiger partial charge in [0.1, 0.15) is 0 Å². The van der Waals surface area contributed by atoms with Crippen molar-refractivity contribution in [3.63, 3.8) is 0 Å². The van der Waals surface area contributed by atoms with Gasteiger partial charge in [0.15, 0.2) is 0 Å². The molecule has 4 saturated carbocycles. The Morgan fingerprint density at radius 2 is 0.704 bits per heavy atom. The van der Waals surface area contributed by atoms with E-state index in [1.807, 2.05) is 0 Å². The highest BCUT2D eigenvalue weighted by Crippen LogP contribution is 2.60. The van der Waals surface area contributed by atoms with E-state index in [1.165, 1.54) is 63.2 Å². The average molecular weight is 1010 g/mol. The van der Waals surface area contributed by atoms with Gasteiger partial charge >= 0.3 is 0 Å². The summed E-state index contributed by atoms with van der Waals surface area (Å²) < 4.78 is 0. The Morgan fingerprint density at radius 1 is 0.423 bits per heavy atom. The molecule has 436 valence electrons. The largest absolute Gasteiger partial charge is 0.0651 e. The summed E-state index contributed by atoms with van der Waals surface area (Å²) >= 11 is 0. The van der Waals surface area contributed by atoms with Crippen LogP contribution in [0.25, 0.3) is 0 Å². The quantitative estimate of drug-likeness (QED) is 0.216. The normalized spacial score (nSPS) is 19.8. The van der Waals surface area contributed by atoms with E-state index in [0.717, 1.165) is 52.8 Å². The Bertz CT molecular complexity index is 1170. The minimum absolute atomic E-state index is 0.437. The van der Waals surface area contributed by atoms with E-state index in [1.54, 1.807) is 19.3 Å². The molecule has 0 heterocycles. The molecule has 0 N–H and O–H groups in total. The minimum atomic E-state index is 0.437. The number of hydrogen-bond acceptors (Lipinski definition) is 0. The average Bonchev–Trinajstić information content (AvgIpc) is 3.96. The third-order valence-electron chi connectivity index (χ3n) is 21.2. The lowest BCUT2D eigenvalue weighted by Gasteiger charge is -2.37. The Hall–Kier alpha value is 0. The first kappa shape index (κ1) is 79.9. The summed E-state index contributed by atoms with van der Waals surface area (Å²) in [5.74, 6) is 9.70. The van der Waals surface area contributed by atoms with Gasteiger partial charge in [-0.25, -0.2) is 0 Å². The molecule has 2 unspecified atom stereocenters. The molecule has 0 aromatic heterocycles. The Kier molecular flexibility index (Phi) is 36.8. The fraction of sp³-hybridized carbons (Fsp3) is 1.00. The Morgan fingerprint density at radius 3 is 0.732 bits per heavy atom. The summed E-state index contributed by atoms with van der Waals surface area (Å²) in [6.07, 6.45) is 15.9. The molecule has 0 bridgehead atoms. The van der Waals surface area contributed by atoms with E-state index in [0.29, 0.717) is 48.7 Å². The lowest BCUT2D eigenvalue weighted by atomic mass is 9.68. The second-order valence-corrected chi connectivity index (χ2v) is 34.3. The van der Waals surface area contributed by atoms with Crippen LogP contribution >= 0.6 is 0 Å². The summed E-state index contributed by atoms with van der Waals surface area (Å²) in [6.45, 7) is 91.6. The maximum atomic E-state index is 2.44. The number of hydrogen-bond donors (Lipinski definition) is 0. The van der Waals surface area contributed by atoms with Crippen LogP contribution in [0, 0.1) is 113 Å². The summed E-state index contributed by atoms with van der Waals surface area (Å²) in [5, 5.41) is 0. The summed E-state index contributed by atoms with van der Waals surface area (Å²) in [6, 6.07) is 0. The van der Waals surface area contributed by atoms with Gasteiger partial charge in [0.05, 0.1) is 0 Å². The van der Waals surface area contributed by atoms with Crippen LogP contribution in [0.1, 0.15) is 348 Å². The van der Waals surface area contributed by atoms with E-state index in [9.17, 15) is 0 Å². The van der Waals surface area contributed by atoms with Gasteiger partial charge in [-0.1, -0.05) is 303 Å². The fourth-order valence-electron chi connectivity index (χ4n) is 5.85. The van der Waals surface area contributed by atoms with Crippen molar-refractivity contribution in [3.8, 4) is 0 Å². The zero-order valence-corrected chi connectivity index (χ0v) is 58.6. The highest BCUT2D eigenvalue weighted by atomic mass is 14.5. The molecule has 0 amide bonds. The molecule has 71 heavy (non-hydrogen) atoms. The van der Waals surface area contributed by atoms with Crippen molar-refractivity contribution in [2.75, 3.05) is 0 Å². The lowest BCUT2D eigenvalue weighted by molar-refractivity contribution is 0.126. The highest BCUT2D eigenvalue weighted by Gasteiger charge is 2.49. The molecule has 4 rings (SSSR count). The lowest BCUT2D eigenvalue weighted by Crippen LogP contribution is -2.28. The molecule has 4 aliphatic carbocycles. The molecular weight excluding hydrogens is 853 g/mol. The molecule has 0 spiro atoms. The van der Waals surface area contributed by atoms with Crippen molar-refractivity contribution in [2.24, 2.45) is 113 Å². The molecule has 0 radical (unpaired) electrons. The fourth-order valence-corrected chi connectivity index (χ4v) is 5.85. The van der Waals surface area contributed by atoms with Gasteiger partial charge < -0.3 is 0 Å². The van der Waals surface area contributed by atoms with Crippen molar-refractivity contribution in [3.05, 3.63) is 0 Å². The van der Waals surface area contributed by atoms with Crippen LogP contribution in [0.5, 0.6) is 0 Å². The molecule has 4 fully saturated rings. The molecule has 4 atom stereocenters.